The fourth-order valence-electron chi connectivity index (χ4n) is 1.83. The van der Waals surface area contributed by atoms with Gasteiger partial charge in [-0.05, 0) is 36.8 Å². The summed E-state index contributed by atoms with van der Waals surface area (Å²) in [5.41, 5.74) is 1.10. The van der Waals surface area contributed by atoms with Crippen molar-refractivity contribution in [2.24, 2.45) is 0 Å². The molecule has 19 heavy (non-hydrogen) atoms. The van der Waals surface area contributed by atoms with Gasteiger partial charge in [0.15, 0.2) is 16.6 Å². The van der Waals surface area contributed by atoms with Gasteiger partial charge in [0.2, 0.25) is 0 Å². The lowest BCUT2D eigenvalue weighted by Gasteiger charge is -2.21. The quantitative estimate of drug-likeness (QED) is 0.652. The largest absolute Gasteiger partial charge is 0.486 e. The zero-order valence-corrected chi connectivity index (χ0v) is 11.8. The molecule has 0 amide bonds. The molecule has 0 saturated heterocycles. The average molecular weight is 278 g/mol. The number of ether oxygens (including phenoxy) is 2. The summed E-state index contributed by atoms with van der Waals surface area (Å²) in [7, 11) is 0. The van der Waals surface area contributed by atoms with Crippen LogP contribution in [0.1, 0.15) is 18.5 Å². The molecular weight excluding hydrogens is 260 g/mol. The number of hydrogen-bond acceptors (Lipinski definition) is 3. The monoisotopic (exact) mass is 278 g/mol. The Hall–Kier alpha value is -1.75. The van der Waals surface area contributed by atoms with E-state index >= 15 is 0 Å². The van der Waals surface area contributed by atoms with Crippen molar-refractivity contribution >= 4 is 17.3 Å². The maximum Gasteiger partial charge on any atom is 0.167 e. The van der Waals surface area contributed by atoms with Gasteiger partial charge in [-0.25, -0.2) is 0 Å². The normalized spacial score (nSPS) is 14.4. The fraction of sp³-hybridized carbons (Fsp3) is 0.357. The fourth-order valence-corrected chi connectivity index (χ4v) is 2.09. The van der Waals surface area contributed by atoms with Crippen molar-refractivity contribution in [3.63, 3.8) is 0 Å². The van der Waals surface area contributed by atoms with E-state index in [0.29, 0.717) is 24.9 Å². The van der Waals surface area contributed by atoms with Crippen LogP contribution >= 0.6 is 12.2 Å². The summed E-state index contributed by atoms with van der Waals surface area (Å²) in [6.45, 7) is 7.54. The first-order valence-corrected chi connectivity index (χ1v) is 6.66. The molecule has 4 nitrogen and oxygen atoms in total. The smallest absolute Gasteiger partial charge is 0.167 e. The van der Waals surface area contributed by atoms with E-state index in [1.165, 1.54) is 0 Å². The first-order chi connectivity index (χ1) is 9.20. The molecule has 0 fully saturated rings. The van der Waals surface area contributed by atoms with Gasteiger partial charge < -0.3 is 20.1 Å². The van der Waals surface area contributed by atoms with Crippen LogP contribution < -0.4 is 20.1 Å². The van der Waals surface area contributed by atoms with Gasteiger partial charge in [0.25, 0.3) is 0 Å². The van der Waals surface area contributed by atoms with Crippen molar-refractivity contribution in [3.05, 3.63) is 36.4 Å². The maximum absolute atomic E-state index is 5.57. The Labute approximate surface area is 118 Å². The van der Waals surface area contributed by atoms with Gasteiger partial charge in [0, 0.05) is 6.54 Å². The summed E-state index contributed by atoms with van der Waals surface area (Å²) in [6.07, 6.45) is 1.77. The second kappa shape index (κ2) is 6.43. The van der Waals surface area contributed by atoms with E-state index in [4.69, 9.17) is 21.7 Å². The highest BCUT2D eigenvalue weighted by Gasteiger charge is 2.14. The highest BCUT2D eigenvalue weighted by Crippen LogP contribution is 2.32. The third kappa shape index (κ3) is 3.61. The number of hydrogen-bond donors (Lipinski definition) is 2. The molecule has 0 bridgehead atoms. The molecular formula is C14H18N2O2S. The van der Waals surface area contributed by atoms with Crippen molar-refractivity contribution in [2.45, 2.75) is 13.0 Å². The molecule has 0 spiro atoms. The van der Waals surface area contributed by atoms with Crippen LogP contribution in [0, 0.1) is 0 Å². The number of thiocarbonyl (C=S) groups is 1. The van der Waals surface area contributed by atoms with Crippen LogP contribution in [-0.2, 0) is 0 Å². The van der Waals surface area contributed by atoms with Crippen molar-refractivity contribution < 1.29 is 9.47 Å². The van der Waals surface area contributed by atoms with Crippen LogP contribution in [0.2, 0.25) is 0 Å². The van der Waals surface area contributed by atoms with Gasteiger partial charge in [0.05, 0.1) is 6.04 Å². The summed E-state index contributed by atoms with van der Waals surface area (Å²) >= 11 is 5.19. The van der Waals surface area contributed by atoms with Crippen LogP contribution in [0.4, 0.5) is 0 Å². The third-order valence-electron chi connectivity index (χ3n) is 2.82. The molecule has 102 valence electrons. The highest BCUT2D eigenvalue weighted by molar-refractivity contribution is 7.80. The predicted molar refractivity (Wildman–Crippen MR) is 79.8 cm³/mol. The molecule has 2 rings (SSSR count). The van der Waals surface area contributed by atoms with E-state index in [9.17, 15) is 0 Å². The van der Waals surface area contributed by atoms with Crippen molar-refractivity contribution in [2.75, 3.05) is 19.8 Å². The minimum Gasteiger partial charge on any atom is -0.486 e. The van der Waals surface area contributed by atoms with Gasteiger partial charge >= 0.3 is 0 Å². The lowest BCUT2D eigenvalue weighted by atomic mass is 10.1. The Morgan fingerprint density at radius 2 is 2.16 bits per heavy atom. The minimum absolute atomic E-state index is 0.0978. The molecule has 0 saturated carbocycles. The van der Waals surface area contributed by atoms with E-state index in [-0.39, 0.29) is 6.04 Å². The molecule has 1 heterocycles. The third-order valence-corrected chi connectivity index (χ3v) is 3.08. The average Bonchev–Trinajstić information content (AvgIpc) is 2.44. The topological polar surface area (TPSA) is 42.5 Å². The van der Waals surface area contributed by atoms with E-state index in [2.05, 4.69) is 17.2 Å². The van der Waals surface area contributed by atoms with Crippen LogP contribution in [0.25, 0.3) is 0 Å². The summed E-state index contributed by atoms with van der Waals surface area (Å²) in [6, 6.07) is 6.03. The molecule has 1 aliphatic rings. The van der Waals surface area contributed by atoms with E-state index < -0.39 is 0 Å². The van der Waals surface area contributed by atoms with E-state index in [0.717, 1.165) is 17.1 Å². The van der Waals surface area contributed by atoms with Gasteiger partial charge in [0.1, 0.15) is 13.2 Å². The molecule has 1 aromatic rings. The molecule has 0 unspecified atom stereocenters. The lowest BCUT2D eigenvalue weighted by Crippen LogP contribution is -2.36. The Balaban J connectivity index is 2.00. The summed E-state index contributed by atoms with van der Waals surface area (Å²) in [5.74, 6) is 1.59. The second-order valence-electron chi connectivity index (χ2n) is 4.27. The van der Waals surface area contributed by atoms with Crippen LogP contribution in [0.5, 0.6) is 11.5 Å². The number of nitrogens with one attached hydrogen (secondary N) is 2. The minimum atomic E-state index is 0.0978. The maximum atomic E-state index is 5.57. The SMILES string of the molecule is C=CCNC(=S)N[C@H](C)c1ccc2c(c1)OCCO2. The van der Waals surface area contributed by atoms with Gasteiger partial charge in [-0.15, -0.1) is 6.58 Å². The standard InChI is InChI=1S/C14H18N2O2S/c1-3-6-15-14(19)16-10(2)11-4-5-12-13(9-11)18-8-7-17-12/h3-5,9-10H,1,6-8H2,2H3,(H2,15,16,19)/t10-/m1/s1. The number of fused-ring (bicyclic) bond motifs is 1. The van der Waals surface area contributed by atoms with Gasteiger partial charge in [-0.1, -0.05) is 12.1 Å². The Morgan fingerprint density at radius 1 is 1.42 bits per heavy atom. The molecule has 5 heteroatoms. The van der Waals surface area contributed by atoms with Gasteiger partial charge in [-0.2, -0.15) is 0 Å². The predicted octanol–water partition coefficient (Wildman–Crippen LogP) is 2.17. The molecule has 0 radical (unpaired) electrons. The Bertz CT molecular complexity index is 477. The molecule has 1 aliphatic heterocycles. The Kier molecular flexibility index (Phi) is 4.63. The van der Waals surface area contributed by atoms with Crippen molar-refractivity contribution in [1.82, 2.24) is 10.6 Å². The number of benzene rings is 1. The van der Waals surface area contributed by atoms with Crippen LogP contribution in [-0.4, -0.2) is 24.9 Å². The van der Waals surface area contributed by atoms with Gasteiger partial charge in [-0.3, -0.25) is 0 Å². The highest BCUT2D eigenvalue weighted by atomic mass is 32.1. The van der Waals surface area contributed by atoms with Crippen molar-refractivity contribution in [3.8, 4) is 11.5 Å². The summed E-state index contributed by atoms with van der Waals surface area (Å²) in [4.78, 5) is 0. The van der Waals surface area contributed by atoms with Crippen molar-refractivity contribution in [1.29, 1.82) is 0 Å². The van der Waals surface area contributed by atoms with E-state index in [1.807, 2.05) is 25.1 Å². The Morgan fingerprint density at radius 3 is 2.89 bits per heavy atom. The first-order valence-electron chi connectivity index (χ1n) is 6.25. The second-order valence-corrected chi connectivity index (χ2v) is 4.68. The first kappa shape index (κ1) is 13.7. The molecule has 1 atom stereocenters. The summed E-state index contributed by atoms with van der Waals surface area (Å²) < 4.78 is 11.1. The van der Waals surface area contributed by atoms with Crippen LogP contribution in [0.3, 0.4) is 0 Å². The molecule has 1 aromatic carbocycles. The zero-order valence-electron chi connectivity index (χ0n) is 10.9. The van der Waals surface area contributed by atoms with E-state index in [1.54, 1.807) is 6.08 Å². The van der Waals surface area contributed by atoms with Crippen LogP contribution in [0.15, 0.2) is 30.9 Å². The number of rotatable bonds is 4. The molecule has 0 aliphatic carbocycles. The summed E-state index contributed by atoms with van der Waals surface area (Å²) in [5, 5.41) is 6.87. The zero-order chi connectivity index (χ0) is 13.7. The molecule has 2 N–H and O–H groups in total. The molecule has 0 aromatic heterocycles. The lowest BCUT2D eigenvalue weighted by molar-refractivity contribution is 0.171.